The minimum absolute atomic E-state index is 0.0809. The van der Waals surface area contributed by atoms with Crippen molar-refractivity contribution in [2.24, 2.45) is 11.8 Å². The highest BCUT2D eigenvalue weighted by molar-refractivity contribution is 8.02. The van der Waals surface area contributed by atoms with Crippen LogP contribution in [0.3, 0.4) is 0 Å². The Morgan fingerprint density at radius 1 is 1.18 bits per heavy atom. The maximum atomic E-state index is 14.8. The zero-order chi connectivity index (χ0) is 28.0. The van der Waals surface area contributed by atoms with Gasteiger partial charge < -0.3 is 19.8 Å². The van der Waals surface area contributed by atoms with Crippen LogP contribution in [-0.2, 0) is 14.4 Å². The van der Waals surface area contributed by atoms with Crippen LogP contribution in [0, 0.1) is 25.7 Å². The number of thioether (sulfide) groups is 1. The minimum atomic E-state index is -0.787. The van der Waals surface area contributed by atoms with Gasteiger partial charge in [0.25, 0.3) is 5.91 Å². The van der Waals surface area contributed by atoms with Crippen LogP contribution in [0.4, 0.5) is 5.69 Å². The van der Waals surface area contributed by atoms with E-state index in [1.54, 1.807) is 45.7 Å². The lowest BCUT2D eigenvalue weighted by Gasteiger charge is -2.40. The predicted octanol–water partition coefficient (Wildman–Crippen LogP) is 3.72. The number of rotatable bonds is 10. The van der Waals surface area contributed by atoms with Gasteiger partial charge in [0.1, 0.15) is 6.04 Å². The van der Waals surface area contributed by atoms with Crippen molar-refractivity contribution in [1.82, 2.24) is 9.80 Å². The lowest BCUT2D eigenvalue weighted by molar-refractivity contribution is -0.145. The predicted molar refractivity (Wildman–Crippen MR) is 153 cm³/mol. The number of amides is 3. The summed E-state index contributed by atoms with van der Waals surface area (Å²) in [6.07, 6.45) is 5.32. The molecule has 3 heterocycles. The molecule has 38 heavy (non-hydrogen) atoms. The van der Waals surface area contributed by atoms with Gasteiger partial charge in [-0.15, -0.1) is 24.9 Å². The van der Waals surface area contributed by atoms with E-state index in [1.807, 2.05) is 39.0 Å². The normalized spacial score (nSPS) is 30.2. The molecule has 3 fully saturated rings. The van der Waals surface area contributed by atoms with E-state index in [4.69, 9.17) is 0 Å². The summed E-state index contributed by atoms with van der Waals surface area (Å²) in [5.74, 6) is -1.60. The van der Waals surface area contributed by atoms with Crippen molar-refractivity contribution in [1.29, 1.82) is 0 Å². The van der Waals surface area contributed by atoms with Crippen molar-refractivity contribution in [3.05, 3.63) is 54.6 Å². The lowest BCUT2D eigenvalue weighted by atomic mass is 9.66. The fourth-order valence-corrected chi connectivity index (χ4v) is 9.48. The molecule has 206 valence electrons. The Hall–Kier alpha value is -2.58. The van der Waals surface area contributed by atoms with E-state index in [9.17, 15) is 19.5 Å². The smallest absolute Gasteiger partial charge is 0.251 e. The fraction of sp³-hybridized carbons (Fsp3) is 0.567. The third-order valence-corrected chi connectivity index (χ3v) is 10.8. The summed E-state index contributed by atoms with van der Waals surface area (Å²) >= 11 is 1.65. The van der Waals surface area contributed by atoms with Crippen molar-refractivity contribution in [3.8, 4) is 0 Å². The molecule has 2 bridgehead atoms. The van der Waals surface area contributed by atoms with Crippen molar-refractivity contribution in [2.45, 2.75) is 68.5 Å². The standard InChI is InChI=1S/C30H41N3O4S/c1-8-16-31(7)26(35)22-23-27(36)33(21(10-3)18-34)25(30(23)15-14-29(22,6)38-30)28(37)32(17-9-2)24-19(4)12-11-13-20(24)5/h8-9,11-13,21-23,25,34H,1-2,10,14-18H2,3-7H3/t21-,22+,23-,25?,29-,30?/m0/s1. The number of carbonyl (C=O) groups is 3. The average Bonchev–Trinajstić information content (AvgIpc) is 3.44. The van der Waals surface area contributed by atoms with Crippen LogP contribution in [0.2, 0.25) is 0 Å². The molecular weight excluding hydrogens is 498 g/mol. The van der Waals surface area contributed by atoms with Gasteiger partial charge in [0.2, 0.25) is 11.8 Å². The van der Waals surface area contributed by atoms with Crippen LogP contribution in [-0.4, -0.2) is 80.9 Å². The molecule has 0 saturated carbocycles. The van der Waals surface area contributed by atoms with Crippen LogP contribution in [0.25, 0.3) is 0 Å². The number of aryl methyl sites for hydroxylation is 2. The second kappa shape index (κ2) is 10.5. The SMILES string of the molecule is C=CCN(C)C(=O)[C@H]1[C@H]2C(=O)N([C@@H](CC)CO)C(C(=O)N(CC=C)c3c(C)cccc3C)C23CC[C@]1(C)S3. The molecule has 2 unspecified atom stereocenters. The summed E-state index contributed by atoms with van der Waals surface area (Å²) in [5, 5.41) is 10.3. The summed E-state index contributed by atoms with van der Waals surface area (Å²) in [6.45, 7) is 16.1. The van der Waals surface area contributed by atoms with Gasteiger partial charge in [0.05, 0.1) is 29.2 Å². The zero-order valence-corrected chi connectivity index (χ0v) is 24.1. The first-order chi connectivity index (χ1) is 18.0. The highest BCUT2D eigenvalue weighted by Gasteiger charge is 2.78. The van der Waals surface area contributed by atoms with E-state index in [2.05, 4.69) is 20.1 Å². The van der Waals surface area contributed by atoms with E-state index < -0.39 is 33.4 Å². The van der Waals surface area contributed by atoms with Crippen LogP contribution >= 0.6 is 11.8 Å². The molecule has 4 rings (SSSR count). The molecule has 3 aliphatic rings. The molecule has 1 aromatic carbocycles. The van der Waals surface area contributed by atoms with Crippen LogP contribution < -0.4 is 4.90 Å². The molecule has 3 amide bonds. The summed E-state index contributed by atoms with van der Waals surface area (Å²) in [6, 6.07) is 4.64. The van der Waals surface area contributed by atoms with E-state index in [-0.39, 0.29) is 24.3 Å². The summed E-state index contributed by atoms with van der Waals surface area (Å²) in [7, 11) is 1.74. The van der Waals surface area contributed by atoms with Crippen molar-refractivity contribution < 1.29 is 19.5 Å². The lowest BCUT2D eigenvalue weighted by Crippen LogP contribution is -2.57. The molecule has 1 spiro atoms. The molecule has 1 aromatic rings. The number of likely N-dealkylation sites (tertiary alicyclic amines) is 1. The number of aliphatic hydroxyl groups is 1. The van der Waals surface area contributed by atoms with Gasteiger partial charge in [-0.3, -0.25) is 14.4 Å². The van der Waals surface area contributed by atoms with Gasteiger partial charge in [-0.1, -0.05) is 37.3 Å². The van der Waals surface area contributed by atoms with Gasteiger partial charge in [-0.05, 0) is 51.2 Å². The number of hydrogen-bond acceptors (Lipinski definition) is 5. The first-order valence-electron chi connectivity index (χ1n) is 13.5. The third kappa shape index (κ3) is 4.11. The largest absolute Gasteiger partial charge is 0.394 e. The van der Waals surface area contributed by atoms with Crippen molar-refractivity contribution in [3.63, 3.8) is 0 Å². The fourth-order valence-electron chi connectivity index (χ4n) is 7.15. The Morgan fingerprint density at radius 3 is 2.37 bits per heavy atom. The molecular formula is C30H41N3O4S. The number of likely N-dealkylation sites (N-methyl/N-ethyl adjacent to an activating group) is 1. The van der Waals surface area contributed by atoms with E-state index in [1.165, 1.54) is 0 Å². The monoisotopic (exact) mass is 539 g/mol. The molecule has 3 saturated heterocycles. The molecule has 0 radical (unpaired) electrons. The van der Waals surface area contributed by atoms with Crippen molar-refractivity contribution in [2.75, 3.05) is 31.6 Å². The second-order valence-electron chi connectivity index (χ2n) is 11.2. The second-order valence-corrected chi connectivity index (χ2v) is 13.1. The van der Waals surface area contributed by atoms with E-state index >= 15 is 0 Å². The number of para-hydroxylation sites is 1. The summed E-state index contributed by atoms with van der Waals surface area (Å²) in [4.78, 5) is 47.9. The number of benzene rings is 1. The quantitative estimate of drug-likeness (QED) is 0.459. The highest BCUT2D eigenvalue weighted by atomic mass is 32.2. The molecule has 6 atom stereocenters. The maximum Gasteiger partial charge on any atom is 0.251 e. The van der Waals surface area contributed by atoms with Gasteiger partial charge in [-0.2, -0.15) is 0 Å². The van der Waals surface area contributed by atoms with E-state index in [0.29, 0.717) is 25.9 Å². The minimum Gasteiger partial charge on any atom is -0.394 e. The number of nitrogens with zero attached hydrogens (tertiary/aromatic N) is 3. The summed E-state index contributed by atoms with van der Waals surface area (Å²) in [5.41, 5.74) is 2.76. The Morgan fingerprint density at radius 2 is 1.82 bits per heavy atom. The first kappa shape index (κ1) is 28.4. The van der Waals surface area contributed by atoms with Crippen LogP contribution in [0.15, 0.2) is 43.5 Å². The van der Waals surface area contributed by atoms with Gasteiger partial charge in [0.15, 0.2) is 0 Å². The third-order valence-electron chi connectivity index (χ3n) is 8.86. The summed E-state index contributed by atoms with van der Waals surface area (Å²) < 4.78 is -1.18. The number of anilines is 1. The number of carbonyl (C=O) groups excluding carboxylic acids is 3. The molecule has 1 N–H and O–H groups in total. The zero-order valence-electron chi connectivity index (χ0n) is 23.3. The Balaban J connectivity index is 1.88. The van der Waals surface area contributed by atoms with Gasteiger partial charge in [0, 0.05) is 30.6 Å². The Labute approximate surface area is 230 Å². The maximum absolute atomic E-state index is 14.8. The molecule has 8 heteroatoms. The first-order valence-corrected chi connectivity index (χ1v) is 14.3. The number of aliphatic hydroxyl groups excluding tert-OH is 1. The van der Waals surface area contributed by atoms with Crippen LogP contribution in [0.1, 0.15) is 44.2 Å². The molecule has 0 aliphatic carbocycles. The molecule has 3 aliphatic heterocycles. The average molecular weight is 540 g/mol. The topological polar surface area (TPSA) is 81.2 Å². The number of fused-ring (bicyclic) bond motifs is 1. The van der Waals surface area contributed by atoms with E-state index in [0.717, 1.165) is 23.2 Å². The van der Waals surface area contributed by atoms with Gasteiger partial charge >= 0.3 is 0 Å². The number of hydrogen-bond donors (Lipinski definition) is 1. The highest BCUT2D eigenvalue weighted by Crippen LogP contribution is 2.72. The van der Waals surface area contributed by atoms with Gasteiger partial charge in [-0.25, -0.2) is 0 Å². The molecule has 7 nitrogen and oxygen atoms in total. The van der Waals surface area contributed by atoms with Crippen LogP contribution in [0.5, 0.6) is 0 Å². The Kier molecular flexibility index (Phi) is 7.88. The molecule has 0 aromatic heterocycles. The Bertz CT molecular complexity index is 1130. The van der Waals surface area contributed by atoms with Crippen molar-refractivity contribution >= 4 is 35.2 Å².